The Bertz CT molecular complexity index is 554. The number of carbonyl (C=O) groups excluding carboxylic acids is 2. The van der Waals surface area contributed by atoms with Gasteiger partial charge in [-0.1, -0.05) is 13.8 Å². The van der Waals surface area contributed by atoms with Gasteiger partial charge in [-0.25, -0.2) is 4.79 Å². The molecule has 1 aromatic rings. The van der Waals surface area contributed by atoms with Gasteiger partial charge >= 0.3 is 6.09 Å². The van der Waals surface area contributed by atoms with Crippen molar-refractivity contribution in [3.8, 4) is 0 Å². The summed E-state index contributed by atoms with van der Waals surface area (Å²) in [5.74, 6) is 0.429. The molecular weight excluding hydrogens is 272 g/mol. The van der Waals surface area contributed by atoms with Gasteiger partial charge in [0.25, 0.3) is 5.91 Å². The number of aromatic amines is 1. The third-order valence-electron chi connectivity index (χ3n) is 3.88. The second-order valence-electron chi connectivity index (χ2n) is 6.05. The SMILES string of the molecule is CC(C)Cc1cc(C(=O)N2CCN3C(=O)OC[C@@H]3C2)n[nH]1. The predicted molar refractivity (Wildman–Crippen MR) is 74.9 cm³/mol. The second kappa shape index (κ2) is 5.38. The van der Waals surface area contributed by atoms with E-state index in [-0.39, 0.29) is 18.0 Å². The van der Waals surface area contributed by atoms with E-state index in [4.69, 9.17) is 4.74 Å². The normalized spacial score (nSPS) is 21.7. The molecule has 1 N–H and O–H groups in total. The number of fused-ring (bicyclic) bond motifs is 1. The predicted octanol–water partition coefficient (Wildman–Crippen LogP) is 0.885. The van der Waals surface area contributed by atoms with Crippen molar-refractivity contribution in [1.29, 1.82) is 0 Å². The molecule has 0 unspecified atom stereocenters. The number of H-pyrrole nitrogens is 1. The molecule has 7 nitrogen and oxygen atoms in total. The van der Waals surface area contributed by atoms with E-state index in [0.717, 1.165) is 12.1 Å². The van der Waals surface area contributed by atoms with Crippen LogP contribution in [0.15, 0.2) is 6.07 Å². The number of piperazine rings is 1. The Morgan fingerprint density at radius 2 is 2.33 bits per heavy atom. The number of aromatic nitrogens is 2. The summed E-state index contributed by atoms with van der Waals surface area (Å²) < 4.78 is 5.01. The number of hydrogen-bond donors (Lipinski definition) is 1. The highest BCUT2D eigenvalue weighted by Crippen LogP contribution is 2.19. The van der Waals surface area contributed by atoms with Crippen LogP contribution < -0.4 is 0 Å². The number of amides is 2. The highest BCUT2D eigenvalue weighted by Gasteiger charge is 2.39. The van der Waals surface area contributed by atoms with Crippen LogP contribution in [0, 0.1) is 5.92 Å². The highest BCUT2D eigenvalue weighted by molar-refractivity contribution is 5.92. The number of carbonyl (C=O) groups is 2. The minimum Gasteiger partial charge on any atom is -0.447 e. The molecule has 21 heavy (non-hydrogen) atoms. The van der Waals surface area contributed by atoms with Crippen LogP contribution >= 0.6 is 0 Å². The maximum absolute atomic E-state index is 12.5. The summed E-state index contributed by atoms with van der Waals surface area (Å²) in [6.07, 6.45) is 0.602. The average molecular weight is 292 g/mol. The van der Waals surface area contributed by atoms with Crippen molar-refractivity contribution in [3.05, 3.63) is 17.5 Å². The molecule has 1 atom stereocenters. The van der Waals surface area contributed by atoms with E-state index in [2.05, 4.69) is 24.0 Å². The van der Waals surface area contributed by atoms with Gasteiger partial charge in [-0.15, -0.1) is 0 Å². The molecule has 3 rings (SSSR count). The van der Waals surface area contributed by atoms with Crippen LogP contribution in [0.2, 0.25) is 0 Å². The zero-order chi connectivity index (χ0) is 15.0. The molecule has 114 valence electrons. The van der Waals surface area contributed by atoms with E-state index in [1.54, 1.807) is 9.80 Å². The Balaban J connectivity index is 1.66. The quantitative estimate of drug-likeness (QED) is 0.897. The first-order chi connectivity index (χ1) is 10.0. The van der Waals surface area contributed by atoms with E-state index in [1.807, 2.05) is 6.07 Å². The third-order valence-corrected chi connectivity index (χ3v) is 3.88. The Labute approximate surface area is 123 Å². The van der Waals surface area contributed by atoms with Crippen LogP contribution in [-0.2, 0) is 11.2 Å². The molecule has 0 radical (unpaired) electrons. The first kappa shape index (κ1) is 13.9. The van der Waals surface area contributed by atoms with E-state index in [9.17, 15) is 9.59 Å². The summed E-state index contributed by atoms with van der Waals surface area (Å²) in [5.41, 5.74) is 1.43. The average Bonchev–Trinajstić information content (AvgIpc) is 3.05. The maximum Gasteiger partial charge on any atom is 0.410 e. The highest BCUT2D eigenvalue weighted by atomic mass is 16.6. The van der Waals surface area contributed by atoms with Crippen molar-refractivity contribution in [2.24, 2.45) is 5.92 Å². The molecule has 2 amide bonds. The smallest absolute Gasteiger partial charge is 0.410 e. The molecule has 0 spiro atoms. The van der Waals surface area contributed by atoms with E-state index in [0.29, 0.717) is 37.9 Å². The number of cyclic esters (lactones) is 1. The molecule has 2 saturated heterocycles. The van der Waals surface area contributed by atoms with Gasteiger partial charge in [-0.2, -0.15) is 5.10 Å². The van der Waals surface area contributed by atoms with E-state index < -0.39 is 0 Å². The molecule has 0 saturated carbocycles. The summed E-state index contributed by atoms with van der Waals surface area (Å²) in [7, 11) is 0. The van der Waals surface area contributed by atoms with Crippen LogP contribution in [0.5, 0.6) is 0 Å². The zero-order valence-electron chi connectivity index (χ0n) is 12.3. The largest absolute Gasteiger partial charge is 0.447 e. The van der Waals surface area contributed by atoms with Gasteiger partial charge < -0.3 is 9.64 Å². The first-order valence-electron chi connectivity index (χ1n) is 7.31. The number of hydrogen-bond acceptors (Lipinski definition) is 4. The summed E-state index contributed by atoms with van der Waals surface area (Å²) in [4.78, 5) is 27.4. The Kier molecular flexibility index (Phi) is 3.57. The fourth-order valence-corrected chi connectivity index (χ4v) is 2.85. The standard InChI is InChI=1S/C14H20N4O3/c1-9(2)5-10-6-12(16-15-10)13(19)17-3-4-18-11(7-17)8-21-14(18)20/h6,9,11H,3-5,7-8H2,1-2H3,(H,15,16)/t11-/m0/s1. The van der Waals surface area contributed by atoms with Crippen molar-refractivity contribution in [2.75, 3.05) is 26.2 Å². The third kappa shape index (κ3) is 2.72. The second-order valence-corrected chi connectivity index (χ2v) is 6.05. The molecule has 3 heterocycles. The molecule has 2 fully saturated rings. The summed E-state index contributed by atoms with van der Waals surface area (Å²) in [6, 6.07) is 1.80. The Hall–Kier alpha value is -2.05. The van der Waals surface area contributed by atoms with Gasteiger partial charge in [-0.3, -0.25) is 14.8 Å². The monoisotopic (exact) mass is 292 g/mol. The van der Waals surface area contributed by atoms with Crippen LogP contribution in [-0.4, -0.2) is 64.3 Å². The fourth-order valence-electron chi connectivity index (χ4n) is 2.85. The fraction of sp³-hybridized carbons (Fsp3) is 0.643. The molecule has 7 heteroatoms. The summed E-state index contributed by atoms with van der Waals surface area (Å²) in [6.45, 7) is 6.17. The van der Waals surface area contributed by atoms with Gasteiger partial charge in [0.05, 0.1) is 6.04 Å². The zero-order valence-corrected chi connectivity index (χ0v) is 12.3. The first-order valence-corrected chi connectivity index (χ1v) is 7.31. The lowest BCUT2D eigenvalue weighted by Gasteiger charge is -2.34. The molecule has 0 aliphatic carbocycles. The Morgan fingerprint density at radius 1 is 1.52 bits per heavy atom. The number of rotatable bonds is 3. The minimum absolute atomic E-state index is 0.0238. The van der Waals surface area contributed by atoms with Crippen molar-refractivity contribution in [1.82, 2.24) is 20.0 Å². The topological polar surface area (TPSA) is 78.5 Å². The number of ether oxygens (including phenoxy) is 1. The van der Waals surface area contributed by atoms with Crippen LogP contribution in [0.3, 0.4) is 0 Å². The van der Waals surface area contributed by atoms with E-state index >= 15 is 0 Å². The van der Waals surface area contributed by atoms with Gasteiger partial charge in [0, 0.05) is 25.3 Å². The van der Waals surface area contributed by atoms with Crippen LogP contribution in [0.4, 0.5) is 4.79 Å². The maximum atomic E-state index is 12.5. The van der Waals surface area contributed by atoms with Crippen molar-refractivity contribution in [2.45, 2.75) is 26.3 Å². The van der Waals surface area contributed by atoms with Gasteiger partial charge in [0.15, 0.2) is 0 Å². The number of nitrogens with one attached hydrogen (secondary N) is 1. The molecule has 2 aliphatic rings. The summed E-state index contributed by atoms with van der Waals surface area (Å²) >= 11 is 0. The van der Waals surface area contributed by atoms with Crippen LogP contribution in [0.1, 0.15) is 30.0 Å². The number of nitrogens with zero attached hydrogens (tertiary/aromatic N) is 3. The molecule has 0 aromatic carbocycles. The van der Waals surface area contributed by atoms with Crippen molar-refractivity contribution in [3.63, 3.8) is 0 Å². The molecule has 1 aromatic heterocycles. The lowest BCUT2D eigenvalue weighted by atomic mass is 10.1. The van der Waals surface area contributed by atoms with Gasteiger partial charge in [0.2, 0.25) is 0 Å². The van der Waals surface area contributed by atoms with Gasteiger partial charge in [0.1, 0.15) is 12.3 Å². The van der Waals surface area contributed by atoms with Crippen molar-refractivity contribution < 1.29 is 14.3 Å². The molecule has 2 aliphatic heterocycles. The minimum atomic E-state index is -0.272. The summed E-state index contributed by atoms with van der Waals surface area (Å²) in [5, 5.41) is 7.04. The van der Waals surface area contributed by atoms with Crippen LogP contribution in [0.25, 0.3) is 0 Å². The lowest BCUT2D eigenvalue weighted by Crippen LogP contribution is -2.53. The molecule has 0 bridgehead atoms. The van der Waals surface area contributed by atoms with Crippen molar-refractivity contribution >= 4 is 12.0 Å². The lowest BCUT2D eigenvalue weighted by molar-refractivity contribution is 0.0611. The van der Waals surface area contributed by atoms with E-state index in [1.165, 1.54) is 0 Å². The van der Waals surface area contributed by atoms with Gasteiger partial charge in [-0.05, 0) is 18.4 Å². The molecular formula is C14H20N4O3. The Morgan fingerprint density at radius 3 is 3.10 bits per heavy atom.